The van der Waals surface area contributed by atoms with Gasteiger partial charge < -0.3 is 0 Å². The lowest BCUT2D eigenvalue weighted by Crippen LogP contribution is -2.22. The van der Waals surface area contributed by atoms with Gasteiger partial charge in [-0.3, -0.25) is 4.79 Å². The molecule has 0 bridgehead atoms. The van der Waals surface area contributed by atoms with Crippen LogP contribution in [0.3, 0.4) is 0 Å². The van der Waals surface area contributed by atoms with E-state index in [-0.39, 0.29) is 5.91 Å². The highest BCUT2D eigenvalue weighted by atomic mass is 16.2. The molecule has 0 heterocycles. The first-order valence-electron chi connectivity index (χ1n) is 8.20. The van der Waals surface area contributed by atoms with Crippen molar-refractivity contribution in [1.29, 1.82) is 0 Å². The van der Waals surface area contributed by atoms with E-state index in [1.54, 1.807) is 0 Å². The fourth-order valence-electron chi connectivity index (χ4n) is 3.02. The lowest BCUT2D eigenvalue weighted by atomic mass is 9.83. The van der Waals surface area contributed by atoms with Crippen LogP contribution in [-0.2, 0) is 0 Å². The molecule has 1 aliphatic rings. The minimum Gasteiger partial charge on any atom is -0.267 e. The summed E-state index contributed by atoms with van der Waals surface area (Å²) in [6, 6.07) is 18.2. The molecule has 23 heavy (non-hydrogen) atoms. The molecule has 0 radical (unpaired) electrons. The molecule has 0 aliphatic heterocycles. The van der Waals surface area contributed by atoms with Crippen LogP contribution in [0.1, 0.15) is 53.1 Å². The zero-order chi connectivity index (χ0) is 16.1. The zero-order valence-corrected chi connectivity index (χ0v) is 13.5. The second-order valence-corrected chi connectivity index (χ2v) is 6.17. The Morgan fingerprint density at radius 2 is 1.65 bits per heavy atom. The summed E-state index contributed by atoms with van der Waals surface area (Å²) in [5.41, 5.74) is 7.00. The first-order chi connectivity index (χ1) is 11.2. The van der Waals surface area contributed by atoms with E-state index in [4.69, 9.17) is 0 Å². The van der Waals surface area contributed by atoms with Gasteiger partial charge in [-0.05, 0) is 56.2 Å². The van der Waals surface area contributed by atoms with Crippen molar-refractivity contribution in [2.75, 3.05) is 0 Å². The summed E-state index contributed by atoms with van der Waals surface area (Å²) in [7, 11) is 0. The Bertz CT molecular complexity index is 679. The average molecular weight is 306 g/mol. The molecule has 3 heteroatoms. The number of rotatable bonds is 3. The van der Waals surface area contributed by atoms with Gasteiger partial charge in [0.05, 0.1) is 0 Å². The minimum absolute atomic E-state index is 0.136. The molecule has 1 amide bonds. The van der Waals surface area contributed by atoms with Gasteiger partial charge in [-0.15, -0.1) is 0 Å². The number of carbonyl (C=O) groups excluding carboxylic acids is 1. The third kappa shape index (κ3) is 4.07. The summed E-state index contributed by atoms with van der Waals surface area (Å²) in [6.45, 7) is 2.01. The van der Waals surface area contributed by atoms with Crippen LogP contribution in [0.15, 0.2) is 59.7 Å². The number of nitrogens with one attached hydrogen (secondary N) is 1. The van der Waals surface area contributed by atoms with E-state index in [1.165, 1.54) is 5.56 Å². The van der Waals surface area contributed by atoms with Crippen molar-refractivity contribution in [1.82, 2.24) is 5.43 Å². The first kappa shape index (κ1) is 15.5. The van der Waals surface area contributed by atoms with Crippen molar-refractivity contribution in [3.8, 4) is 0 Å². The Labute approximate surface area is 137 Å². The average Bonchev–Trinajstić information content (AvgIpc) is 2.61. The Kier molecular flexibility index (Phi) is 4.86. The quantitative estimate of drug-likeness (QED) is 0.837. The Morgan fingerprint density at radius 1 is 1.00 bits per heavy atom. The molecule has 3 rings (SSSR count). The van der Waals surface area contributed by atoms with E-state index < -0.39 is 0 Å². The van der Waals surface area contributed by atoms with Crippen molar-refractivity contribution in [2.45, 2.75) is 38.5 Å². The van der Waals surface area contributed by atoms with Crippen LogP contribution in [-0.4, -0.2) is 11.6 Å². The normalized spacial score (nSPS) is 17.6. The van der Waals surface area contributed by atoms with Crippen LogP contribution in [0.2, 0.25) is 0 Å². The molecule has 0 aromatic heterocycles. The SMILES string of the molecule is Cc1ccc(C(=O)NN=C2CCC(c3ccccc3)CC2)cc1. The first-order valence-corrected chi connectivity index (χ1v) is 8.20. The van der Waals surface area contributed by atoms with E-state index in [1.807, 2.05) is 31.2 Å². The molecule has 0 unspecified atom stereocenters. The van der Waals surface area contributed by atoms with Crippen molar-refractivity contribution < 1.29 is 4.79 Å². The lowest BCUT2D eigenvalue weighted by molar-refractivity contribution is 0.0954. The molecule has 1 N–H and O–H groups in total. The number of aryl methyl sites for hydroxylation is 1. The van der Waals surface area contributed by atoms with Crippen LogP contribution < -0.4 is 5.43 Å². The largest absolute Gasteiger partial charge is 0.271 e. The van der Waals surface area contributed by atoms with Crippen molar-refractivity contribution in [3.63, 3.8) is 0 Å². The number of hydrogen-bond acceptors (Lipinski definition) is 2. The summed E-state index contributed by atoms with van der Waals surface area (Å²) in [5, 5.41) is 4.33. The number of carbonyl (C=O) groups is 1. The maximum Gasteiger partial charge on any atom is 0.271 e. The standard InChI is InChI=1S/C20H22N2O/c1-15-7-9-18(10-8-15)20(23)22-21-19-13-11-17(12-14-19)16-5-3-2-4-6-16/h2-10,17H,11-14H2,1H3,(H,22,23). The van der Waals surface area contributed by atoms with E-state index >= 15 is 0 Å². The molecule has 3 nitrogen and oxygen atoms in total. The van der Waals surface area contributed by atoms with Crippen LogP contribution >= 0.6 is 0 Å². The lowest BCUT2D eigenvalue weighted by Gasteiger charge is -2.23. The smallest absolute Gasteiger partial charge is 0.267 e. The van der Waals surface area contributed by atoms with Crippen LogP contribution in [0.5, 0.6) is 0 Å². The van der Waals surface area contributed by atoms with Crippen LogP contribution in [0.4, 0.5) is 0 Å². The van der Waals surface area contributed by atoms with Gasteiger partial charge in [-0.2, -0.15) is 5.10 Å². The van der Waals surface area contributed by atoms with Crippen molar-refractivity contribution >= 4 is 11.6 Å². The molecule has 0 atom stereocenters. The number of benzene rings is 2. The van der Waals surface area contributed by atoms with Crippen LogP contribution in [0.25, 0.3) is 0 Å². The fourth-order valence-corrected chi connectivity index (χ4v) is 3.02. The monoisotopic (exact) mass is 306 g/mol. The topological polar surface area (TPSA) is 41.5 Å². The maximum absolute atomic E-state index is 12.1. The van der Waals surface area contributed by atoms with E-state index in [9.17, 15) is 4.79 Å². The Hall–Kier alpha value is -2.42. The third-order valence-corrected chi connectivity index (χ3v) is 4.46. The minimum atomic E-state index is -0.136. The summed E-state index contributed by atoms with van der Waals surface area (Å²) in [4.78, 5) is 12.1. The molecule has 0 saturated heterocycles. The highest BCUT2D eigenvalue weighted by molar-refractivity contribution is 5.95. The van der Waals surface area contributed by atoms with E-state index in [2.05, 4.69) is 40.9 Å². The molecular weight excluding hydrogens is 284 g/mol. The third-order valence-electron chi connectivity index (χ3n) is 4.46. The van der Waals surface area contributed by atoms with E-state index in [0.29, 0.717) is 11.5 Å². The highest BCUT2D eigenvalue weighted by Gasteiger charge is 2.19. The van der Waals surface area contributed by atoms with Gasteiger partial charge in [0.1, 0.15) is 0 Å². The summed E-state index contributed by atoms with van der Waals surface area (Å²) >= 11 is 0. The van der Waals surface area contributed by atoms with Gasteiger partial charge in [0, 0.05) is 11.3 Å². The molecule has 2 aromatic rings. The number of hydrazone groups is 1. The van der Waals surface area contributed by atoms with Crippen LogP contribution in [0, 0.1) is 6.92 Å². The Balaban J connectivity index is 1.54. The summed E-state index contributed by atoms with van der Waals surface area (Å²) < 4.78 is 0. The second-order valence-electron chi connectivity index (χ2n) is 6.17. The fraction of sp³-hybridized carbons (Fsp3) is 0.300. The molecule has 1 aliphatic carbocycles. The van der Waals surface area contributed by atoms with Gasteiger partial charge in [0.15, 0.2) is 0 Å². The van der Waals surface area contributed by atoms with Gasteiger partial charge in [-0.25, -0.2) is 5.43 Å². The van der Waals surface area contributed by atoms with Crippen molar-refractivity contribution in [2.24, 2.45) is 5.10 Å². The molecule has 1 fully saturated rings. The summed E-state index contributed by atoms with van der Waals surface area (Å²) in [6.07, 6.45) is 4.11. The zero-order valence-electron chi connectivity index (χ0n) is 13.5. The molecular formula is C20H22N2O. The number of amides is 1. The predicted molar refractivity (Wildman–Crippen MR) is 93.7 cm³/mol. The van der Waals surface area contributed by atoms with Gasteiger partial charge >= 0.3 is 0 Å². The predicted octanol–water partition coefficient (Wildman–Crippen LogP) is 4.44. The number of nitrogens with zero attached hydrogens (tertiary/aromatic N) is 1. The van der Waals surface area contributed by atoms with Crippen molar-refractivity contribution in [3.05, 3.63) is 71.3 Å². The molecule has 2 aromatic carbocycles. The second kappa shape index (κ2) is 7.23. The maximum atomic E-state index is 12.1. The highest BCUT2D eigenvalue weighted by Crippen LogP contribution is 2.31. The van der Waals surface area contributed by atoms with E-state index in [0.717, 1.165) is 37.0 Å². The number of hydrogen-bond donors (Lipinski definition) is 1. The van der Waals surface area contributed by atoms with Gasteiger partial charge in [-0.1, -0.05) is 48.0 Å². The molecule has 1 saturated carbocycles. The van der Waals surface area contributed by atoms with Gasteiger partial charge in [0.25, 0.3) is 5.91 Å². The molecule has 118 valence electrons. The Morgan fingerprint density at radius 3 is 2.30 bits per heavy atom. The van der Waals surface area contributed by atoms with Gasteiger partial charge in [0.2, 0.25) is 0 Å². The molecule has 0 spiro atoms. The summed E-state index contributed by atoms with van der Waals surface area (Å²) in [5.74, 6) is 0.477.